The van der Waals surface area contributed by atoms with Crippen LogP contribution in [-0.4, -0.2) is 30.7 Å². The van der Waals surface area contributed by atoms with Crippen LogP contribution in [0.1, 0.15) is 28.2 Å². The number of aryl methyl sites for hydroxylation is 1. The lowest BCUT2D eigenvalue weighted by Gasteiger charge is -2.10. The van der Waals surface area contributed by atoms with E-state index in [2.05, 4.69) is 4.57 Å². The van der Waals surface area contributed by atoms with Gasteiger partial charge in [0.15, 0.2) is 6.61 Å². The summed E-state index contributed by atoms with van der Waals surface area (Å²) in [6.07, 6.45) is 0.888. The Morgan fingerprint density at radius 2 is 1.93 bits per heavy atom. The topological polar surface area (TPSA) is 70.7 Å². The van der Waals surface area contributed by atoms with Gasteiger partial charge in [-0.15, -0.1) is 0 Å². The molecule has 0 bridgehead atoms. The number of nitrogens with zero attached hydrogens (tertiary/aromatic N) is 1. The number of methoxy groups -OCH3 is 1. The third-order valence-corrected chi connectivity index (χ3v) is 4.57. The number of Topliss-reactive ketones (excluding diaryl/α,β-unsaturated/α-hetero) is 1. The van der Waals surface area contributed by atoms with Crippen LogP contribution in [-0.2, 0) is 11.3 Å². The molecule has 3 rings (SSSR count). The number of benzene rings is 1. The maximum atomic E-state index is 12.6. The molecule has 0 saturated carbocycles. The molecule has 6 nitrogen and oxygen atoms in total. The highest BCUT2D eigenvalue weighted by molar-refractivity contribution is 5.98. The van der Waals surface area contributed by atoms with Gasteiger partial charge < -0.3 is 18.5 Å². The number of carbonyl (C=O) groups excluding carboxylic acids is 1. The number of fused-ring (bicyclic) bond motifs is 1. The molecule has 0 spiro atoms. The number of carbonyl (C=O) groups is 1. The first-order valence-electron chi connectivity index (χ1n) is 8.85. The van der Waals surface area contributed by atoms with E-state index in [0.717, 1.165) is 29.7 Å². The van der Waals surface area contributed by atoms with Crippen LogP contribution in [0, 0.1) is 13.8 Å². The van der Waals surface area contributed by atoms with Crippen LogP contribution in [0.3, 0.4) is 0 Å². The molecule has 142 valence electrons. The second-order valence-electron chi connectivity index (χ2n) is 6.45. The Kier molecular flexibility index (Phi) is 5.76. The summed E-state index contributed by atoms with van der Waals surface area (Å²) in [5.74, 6) is 0.398. The highest BCUT2D eigenvalue weighted by Crippen LogP contribution is 2.21. The van der Waals surface area contributed by atoms with Gasteiger partial charge in [-0.25, -0.2) is 4.79 Å². The lowest BCUT2D eigenvalue weighted by molar-refractivity contribution is 0.0920. The van der Waals surface area contributed by atoms with E-state index in [1.54, 1.807) is 31.4 Å². The monoisotopic (exact) mass is 369 g/mol. The standard InChI is InChI=1S/C21H23NO5/c1-14-11-18(15(2)22(14)9-4-10-25-3)19(23)13-26-17-7-5-16-6-8-21(24)27-20(16)12-17/h5-8,11-12H,4,9-10,13H2,1-3H3. The van der Waals surface area contributed by atoms with Gasteiger partial charge in [-0.2, -0.15) is 0 Å². The van der Waals surface area contributed by atoms with Gasteiger partial charge in [0, 0.05) is 54.7 Å². The summed E-state index contributed by atoms with van der Waals surface area (Å²) < 4.78 is 18.0. The first kappa shape index (κ1) is 18.9. The molecule has 6 heteroatoms. The van der Waals surface area contributed by atoms with Crippen molar-refractivity contribution in [2.45, 2.75) is 26.8 Å². The molecule has 0 fully saturated rings. The molecular formula is C21H23NO5. The second kappa shape index (κ2) is 8.22. The highest BCUT2D eigenvalue weighted by atomic mass is 16.5. The Labute approximate surface area is 157 Å². The van der Waals surface area contributed by atoms with E-state index < -0.39 is 5.63 Å². The predicted molar refractivity (Wildman–Crippen MR) is 103 cm³/mol. The number of hydrogen-bond donors (Lipinski definition) is 0. The molecule has 0 aliphatic carbocycles. The Morgan fingerprint density at radius 1 is 1.15 bits per heavy atom. The van der Waals surface area contributed by atoms with Crippen molar-refractivity contribution in [1.82, 2.24) is 4.57 Å². The molecule has 0 radical (unpaired) electrons. The highest BCUT2D eigenvalue weighted by Gasteiger charge is 2.16. The van der Waals surface area contributed by atoms with E-state index in [1.165, 1.54) is 6.07 Å². The van der Waals surface area contributed by atoms with Gasteiger partial charge in [0.1, 0.15) is 11.3 Å². The normalized spacial score (nSPS) is 11.1. The molecule has 0 amide bonds. The molecule has 3 aromatic rings. The van der Waals surface area contributed by atoms with Gasteiger partial charge in [0.05, 0.1) is 0 Å². The molecule has 0 saturated heterocycles. The van der Waals surface area contributed by atoms with Gasteiger partial charge in [-0.3, -0.25) is 4.79 Å². The number of hydrogen-bond acceptors (Lipinski definition) is 5. The number of ketones is 1. The first-order chi connectivity index (χ1) is 13.0. The fourth-order valence-corrected chi connectivity index (χ4v) is 3.15. The summed E-state index contributed by atoms with van der Waals surface area (Å²) in [5.41, 5.74) is 2.65. The van der Waals surface area contributed by atoms with E-state index in [0.29, 0.717) is 23.5 Å². The molecule has 0 unspecified atom stereocenters. The smallest absolute Gasteiger partial charge is 0.336 e. The summed E-state index contributed by atoms with van der Waals surface area (Å²) in [5, 5.41) is 0.799. The Balaban J connectivity index is 1.70. The molecule has 1 aromatic carbocycles. The minimum atomic E-state index is -0.420. The molecular weight excluding hydrogens is 346 g/mol. The van der Waals surface area contributed by atoms with Crippen LogP contribution in [0.2, 0.25) is 0 Å². The van der Waals surface area contributed by atoms with E-state index in [4.69, 9.17) is 13.9 Å². The fourth-order valence-electron chi connectivity index (χ4n) is 3.15. The summed E-state index contributed by atoms with van der Waals surface area (Å²) in [4.78, 5) is 24.0. The van der Waals surface area contributed by atoms with Crippen LogP contribution in [0.25, 0.3) is 11.0 Å². The van der Waals surface area contributed by atoms with Gasteiger partial charge in [0.2, 0.25) is 5.78 Å². The van der Waals surface area contributed by atoms with E-state index in [9.17, 15) is 9.59 Å². The Bertz CT molecular complexity index is 1020. The average Bonchev–Trinajstić information content (AvgIpc) is 2.94. The number of ether oxygens (including phenoxy) is 2. The summed E-state index contributed by atoms with van der Waals surface area (Å²) in [6.45, 7) is 5.34. The van der Waals surface area contributed by atoms with Gasteiger partial charge in [-0.1, -0.05) is 0 Å². The summed E-state index contributed by atoms with van der Waals surface area (Å²) in [6, 6.07) is 10.1. The quantitative estimate of drug-likeness (QED) is 0.345. The van der Waals surface area contributed by atoms with Gasteiger partial charge in [-0.05, 0) is 44.5 Å². The minimum Gasteiger partial charge on any atom is -0.485 e. The summed E-state index contributed by atoms with van der Waals surface area (Å²) in [7, 11) is 1.68. The lowest BCUT2D eigenvalue weighted by Crippen LogP contribution is -2.13. The van der Waals surface area contributed by atoms with Crippen LogP contribution >= 0.6 is 0 Å². The first-order valence-corrected chi connectivity index (χ1v) is 8.85. The van der Waals surface area contributed by atoms with Crippen LogP contribution in [0.5, 0.6) is 5.75 Å². The zero-order valence-electron chi connectivity index (χ0n) is 15.8. The molecule has 0 atom stereocenters. The molecule has 2 heterocycles. The Morgan fingerprint density at radius 3 is 2.70 bits per heavy atom. The third kappa shape index (κ3) is 4.28. The largest absolute Gasteiger partial charge is 0.485 e. The van der Waals surface area contributed by atoms with Crippen molar-refractivity contribution in [3.63, 3.8) is 0 Å². The number of aromatic nitrogens is 1. The van der Waals surface area contributed by atoms with Crippen molar-refractivity contribution in [1.29, 1.82) is 0 Å². The maximum absolute atomic E-state index is 12.6. The lowest BCUT2D eigenvalue weighted by atomic mass is 10.1. The van der Waals surface area contributed by atoms with Crippen molar-refractivity contribution in [2.75, 3.05) is 20.3 Å². The maximum Gasteiger partial charge on any atom is 0.336 e. The van der Waals surface area contributed by atoms with E-state index in [-0.39, 0.29) is 12.4 Å². The van der Waals surface area contributed by atoms with Crippen LogP contribution in [0.15, 0.2) is 45.6 Å². The fraction of sp³-hybridized carbons (Fsp3) is 0.333. The molecule has 0 N–H and O–H groups in total. The van der Waals surface area contributed by atoms with Crippen molar-refractivity contribution >= 4 is 16.8 Å². The zero-order valence-corrected chi connectivity index (χ0v) is 15.8. The van der Waals surface area contributed by atoms with Crippen molar-refractivity contribution in [2.24, 2.45) is 0 Å². The molecule has 27 heavy (non-hydrogen) atoms. The van der Waals surface area contributed by atoms with Crippen molar-refractivity contribution in [3.05, 3.63) is 63.8 Å². The van der Waals surface area contributed by atoms with E-state index in [1.807, 2.05) is 19.9 Å². The second-order valence-corrected chi connectivity index (χ2v) is 6.45. The van der Waals surface area contributed by atoms with Crippen molar-refractivity contribution < 1.29 is 18.7 Å². The van der Waals surface area contributed by atoms with Crippen LogP contribution in [0.4, 0.5) is 0 Å². The van der Waals surface area contributed by atoms with E-state index >= 15 is 0 Å². The molecule has 0 aliphatic heterocycles. The molecule has 0 aliphatic rings. The predicted octanol–water partition coefficient (Wildman–Crippen LogP) is 3.51. The Hall–Kier alpha value is -2.86. The number of rotatable bonds is 8. The van der Waals surface area contributed by atoms with Crippen molar-refractivity contribution in [3.8, 4) is 5.75 Å². The molecule has 2 aromatic heterocycles. The minimum absolute atomic E-state index is 0.0784. The zero-order chi connectivity index (χ0) is 19.4. The van der Waals surface area contributed by atoms with Crippen LogP contribution < -0.4 is 10.4 Å². The third-order valence-electron chi connectivity index (χ3n) is 4.57. The van der Waals surface area contributed by atoms with Gasteiger partial charge in [0.25, 0.3) is 0 Å². The SMILES string of the molecule is COCCCn1c(C)cc(C(=O)COc2ccc3ccc(=O)oc3c2)c1C. The summed E-state index contributed by atoms with van der Waals surface area (Å²) >= 11 is 0. The van der Waals surface area contributed by atoms with Gasteiger partial charge >= 0.3 is 5.63 Å². The average molecular weight is 369 g/mol.